The van der Waals surface area contributed by atoms with Crippen LogP contribution >= 0.6 is 15.9 Å². The van der Waals surface area contributed by atoms with Crippen LogP contribution in [0.25, 0.3) is 0 Å². The van der Waals surface area contributed by atoms with Gasteiger partial charge in [-0.15, -0.1) is 0 Å². The molecule has 2 N–H and O–H groups in total. The molecule has 1 heterocycles. The fourth-order valence-electron chi connectivity index (χ4n) is 1.13. The Morgan fingerprint density at radius 1 is 1.62 bits per heavy atom. The molecular weight excluding hydrogens is 272 g/mol. The van der Waals surface area contributed by atoms with Crippen LogP contribution in [0.4, 0.5) is 0 Å². The predicted molar refractivity (Wildman–Crippen MR) is 65.1 cm³/mol. The molecule has 4 nitrogen and oxygen atoms in total. The third-order valence-corrected chi connectivity index (χ3v) is 3.11. The summed E-state index contributed by atoms with van der Waals surface area (Å²) in [6, 6.07) is 3.43. The summed E-state index contributed by atoms with van der Waals surface area (Å²) >= 11 is 3.27. The number of aliphatic hydroxyl groups excluding tert-OH is 1. The Hall–Kier alpha value is -0.940. The van der Waals surface area contributed by atoms with Gasteiger partial charge in [-0.25, -0.2) is 4.98 Å². The number of aliphatic hydroxyl groups is 1. The molecule has 0 saturated carbocycles. The maximum absolute atomic E-state index is 11.8. The monoisotopic (exact) mass is 286 g/mol. The van der Waals surface area contributed by atoms with E-state index in [1.165, 1.54) is 0 Å². The Labute approximate surface area is 103 Å². The molecule has 0 fully saturated rings. The van der Waals surface area contributed by atoms with Gasteiger partial charge in [-0.1, -0.05) is 6.92 Å². The molecule has 1 rings (SSSR count). The molecule has 16 heavy (non-hydrogen) atoms. The zero-order chi connectivity index (χ0) is 12.1. The van der Waals surface area contributed by atoms with Crippen LogP contribution in [0.15, 0.2) is 22.8 Å². The average molecular weight is 287 g/mol. The van der Waals surface area contributed by atoms with Gasteiger partial charge < -0.3 is 10.4 Å². The standard InChI is InChI=1S/C11H15BrN2O2/c1-7(6-15)8(2)14-11(16)10-9(12)4-3-5-13-10/h3-5,7-8,15H,6H2,1-2H3,(H,14,16). The third kappa shape index (κ3) is 3.28. The van der Waals surface area contributed by atoms with E-state index in [-0.39, 0.29) is 24.5 Å². The van der Waals surface area contributed by atoms with Crippen LogP contribution in [0.3, 0.4) is 0 Å². The summed E-state index contributed by atoms with van der Waals surface area (Å²) < 4.78 is 0.663. The van der Waals surface area contributed by atoms with E-state index in [1.54, 1.807) is 18.3 Å². The van der Waals surface area contributed by atoms with Crippen LogP contribution in [-0.2, 0) is 0 Å². The van der Waals surface area contributed by atoms with Crippen molar-refractivity contribution in [1.29, 1.82) is 0 Å². The van der Waals surface area contributed by atoms with Gasteiger partial charge in [-0.3, -0.25) is 4.79 Å². The maximum Gasteiger partial charge on any atom is 0.271 e. The molecule has 1 aromatic rings. The molecule has 88 valence electrons. The summed E-state index contributed by atoms with van der Waals surface area (Å²) in [6.07, 6.45) is 1.57. The van der Waals surface area contributed by atoms with Crippen molar-refractivity contribution in [2.24, 2.45) is 5.92 Å². The Balaban J connectivity index is 2.70. The number of amides is 1. The van der Waals surface area contributed by atoms with E-state index in [1.807, 2.05) is 13.8 Å². The number of carbonyl (C=O) groups excluding carboxylic acids is 1. The first-order chi connectivity index (χ1) is 7.56. The van der Waals surface area contributed by atoms with Gasteiger partial charge in [0.2, 0.25) is 0 Å². The first kappa shape index (κ1) is 13.1. The van der Waals surface area contributed by atoms with Crippen molar-refractivity contribution >= 4 is 21.8 Å². The molecule has 2 atom stereocenters. The van der Waals surface area contributed by atoms with Gasteiger partial charge in [0.05, 0.1) is 0 Å². The number of nitrogens with zero attached hydrogens (tertiary/aromatic N) is 1. The smallest absolute Gasteiger partial charge is 0.271 e. The van der Waals surface area contributed by atoms with Gasteiger partial charge in [-0.2, -0.15) is 0 Å². The topological polar surface area (TPSA) is 62.2 Å². The summed E-state index contributed by atoms with van der Waals surface area (Å²) in [4.78, 5) is 15.8. The highest BCUT2D eigenvalue weighted by atomic mass is 79.9. The minimum Gasteiger partial charge on any atom is -0.396 e. The van der Waals surface area contributed by atoms with E-state index < -0.39 is 0 Å². The zero-order valence-corrected chi connectivity index (χ0v) is 10.9. The first-order valence-corrected chi connectivity index (χ1v) is 5.87. The summed E-state index contributed by atoms with van der Waals surface area (Å²) in [5.74, 6) is -0.216. The van der Waals surface area contributed by atoms with Gasteiger partial charge in [0.25, 0.3) is 5.91 Å². The number of hydrogen-bond acceptors (Lipinski definition) is 3. The molecule has 0 radical (unpaired) electrons. The molecule has 0 aromatic carbocycles. The number of aromatic nitrogens is 1. The van der Waals surface area contributed by atoms with E-state index in [0.717, 1.165) is 0 Å². The van der Waals surface area contributed by atoms with E-state index >= 15 is 0 Å². The van der Waals surface area contributed by atoms with E-state index in [9.17, 15) is 4.79 Å². The van der Waals surface area contributed by atoms with Crippen molar-refractivity contribution in [2.75, 3.05) is 6.61 Å². The van der Waals surface area contributed by atoms with Crippen LogP contribution in [0.1, 0.15) is 24.3 Å². The highest BCUT2D eigenvalue weighted by molar-refractivity contribution is 9.10. The second-order valence-electron chi connectivity index (χ2n) is 3.76. The minimum absolute atomic E-state index is 0.0198. The highest BCUT2D eigenvalue weighted by Gasteiger charge is 2.17. The number of nitrogens with one attached hydrogen (secondary N) is 1. The molecule has 5 heteroatoms. The molecular formula is C11H15BrN2O2. The quantitative estimate of drug-likeness (QED) is 0.884. The van der Waals surface area contributed by atoms with Crippen LogP contribution in [0.5, 0.6) is 0 Å². The lowest BCUT2D eigenvalue weighted by Gasteiger charge is -2.19. The number of hydrogen-bond donors (Lipinski definition) is 2. The average Bonchev–Trinajstić information content (AvgIpc) is 2.28. The van der Waals surface area contributed by atoms with Gasteiger partial charge in [-0.05, 0) is 40.9 Å². The largest absolute Gasteiger partial charge is 0.396 e. The van der Waals surface area contributed by atoms with Crippen molar-refractivity contribution < 1.29 is 9.90 Å². The van der Waals surface area contributed by atoms with Crippen molar-refractivity contribution in [3.05, 3.63) is 28.5 Å². The lowest BCUT2D eigenvalue weighted by Crippen LogP contribution is -2.38. The Morgan fingerprint density at radius 3 is 2.88 bits per heavy atom. The molecule has 1 aromatic heterocycles. The molecule has 0 spiro atoms. The number of pyridine rings is 1. The maximum atomic E-state index is 11.8. The Morgan fingerprint density at radius 2 is 2.31 bits per heavy atom. The fourth-order valence-corrected chi connectivity index (χ4v) is 1.56. The molecule has 0 aliphatic carbocycles. The minimum atomic E-state index is -0.236. The lowest BCUT2D eigenvalue weighted by atomic mass is 10.1. The summed E-state index contributed by atoms with van der Waals surface area (Å²) in [7, 11) is 0. The van der Waals surface area contributed by atoms with E-state index in [0.29, 0.717) is 10.2 Å². The molecule has 2 unspecified atom stereocenters. The number of halogens is 1. The van der Waals surface area contributed by atoms with Crippen molar-refractivity contribution in [1.82, 2.24) is 10.3 Å². The Bertz CT molecular complexity index is 371. The van der Waals surface area contributed by atoms with Crippen molar-refractivity contribution in [3.63, 3.8) is 0 Å². The first-order valence-electron chi connectivity index (χ1n) is 5.08. The van der Waals surface area contributed by atoms with Gasteiger partial charge >= 0.3 is 0 Å². The highest BCUT2D eigenvalue weighted by Crippen LogP contribution is 2.13. The number of carbonyl (C=O) groups is 1. The van der Waals surface area contributed by atoms with Gasteiger partial charge in [0.1, 0.15) is 5.69 Å². The third-order valence-electron chi connectivity index (χ3n) is 2.47. The molecule has 0 aliphatic rings. The van der Waals surface area contributed by atoms with Crippen molar-refractivity contribution in [3.8, 4) is 0 Å². The van der Waals surface area contributed by atoms with Crippen molar-refractivity contribution in [2.45, 2.75) is 19.9 Å². The van der Waals surface area contributed by atoms with Gasteiger partial charge in [0.15, 0.2) is 0 Å². The Kier molecular flexibility index (Phi) is 4.89. The second kappa shape index (κ2) is 5.96. The molecule has 1 amide bonds. The van der Waals surface area contributed by atoms with Crippen LogP contribution in [0, 0.1) is 5.92 Å². The van der Waals surface area contributed by atoms with Crippen LogP contribution in [-0.4, -0.2) is 28.6 Å². The fraction of sp³-hybridized carbons (Fsp3) is 0.455. The SMILES string of the molecule is CC(CO)C(C)NC(=O)c1ncccc1Br. The zero-order valence-electron chi connectivity index (χ0n) is 9.27. The summed E-state index contributed by atoms with van der Waals surface area (Å²) in [6.45, 7) is 3.78. The van der Waals surface area contributed by atoms with E-state index in [2.05, 4.69) is 26.2 Å². The molecule has 0 aliphatic heterocycles. The predicted octanol–water partition coefficient (Wildman–Crippen LogP) is 1.59. The summed E-state index contributed by atoms with van der Waals surface area (Å²) in [5.41, 5.74) is 0.361. The second-order valence-corrected chi connectivity index (χ2v) is 4.61. The van der Waals surface area contributed by atoms with Crippen LogP contribution < -0.4 is 5.32 Å². The van der Waals surface area contributed by atoms with Crippen LogP contribution in [0.2, 0.25) is 0 Å². The van der Waals surface area contributed by atoms with E-state index in [4.69, 9.17) is 5.11 Å². The normalized spacial score (nSPS) is 14.2. The molecule has 0 saturated heterocycles. The number of rotatable bonds is 4. The molecule has 0 bridgehead atoms. The lowest BCUT2D eigenvalue weighted by molar-refractivity contribution is 0.0910. The van der Waals surface area contributed by atoms with Gasteiger partial charge in [0, 0.05) is 23.3 Å². The summed E-state index contributed by atoms with van der Waals surface area (Å²) in [5, 5.41) is 11.8.